The van der Waals surface area contributed by atoms with Gasteiger partial charge in [-0.1, -0.05) is 17.7 Å². The molecule has 9 heteroatoms. The number of benzene rings is 1. The van der Waals surface area contributed by atoms with Crippen molar-refractivity contribution in [3.05, 3.63) is 52.8 Å². The zero-order chi connectivity index (χ0) is 17.9. The molecule has 0 atom stereocenters. The van der Waals surface area contributed by atoms with E-state index in [0.29, 0.717) is 11.6 Å². The van der Waals surface area contributed by atoms with Crippen LogP contribution in [0.1, 0.15) is 10.4 Å². The second-order valence-corrected chi connectivity index (χ2v) is 5.10. The average Bonchev–Trinajstić information content (AvgIpc) is 2.52. The first-order valence-electron chi connectivity index (χ1n) is 6.59. The van der Waals surface area contributed by atoms with Gasteiger partial charge in [-0.05, 0) is 18.2 Å². The summed E-state index contributed by atoms with van der Waals surface area (Å²) in [5, 5.41) is 3.10. The number of carbonyl (C=O) groups is 1. The molecule has 3 N–H and O–H groups in total. The molecular formula is C15H12ClF3N4O. The van der Waals surface area contributed by atoms with Gasteiger partial charge in [0.1, 0.15) is 11.5 Å². The highest BCUT2D eigenvalue weighted by Crippen LogP contribution is 2.23. The lowest BCUT2D eigenvalue weighted by molar-refractivity contribution is -0.0925. The minimum Gasteiger partial charge on any atom is -0.395 e. The van der Waals surface area contributed by atoms with E-state index in [1.54, 1.807) is 24.4 Å². The molecule has 0 fully saturated rings. The highest BCUT2D eigenvalue weighted by molar-refractivity contribution is 6.35. The Morgan fingerprint density at radius 1 is 1.42 bits per heavy atom. The van der Waals surface area contributed by atoms with Crippen molar-refractivity contribution in [1.82, 2.24) is 10.3 Å². The van der Waals surface area contributed by atoms with Crippen molar-refractivity contribution < 1.29 is 18.0 Å². The summed E-state index contributed by atoms with van der Waals surface area (Å²) in [6.45, 7) is 0. The third-order valence-corrected chi connectivity index (χ3v) is 3.35. The number of amides is 1. The van der Waals surface area contributed by atoms with Crippen LogP contribution < -0.4 is 11.1 Å². The summed E-state index contributed by atoms with van der Waals surface area (Å²) < 4.78 is 37.4. The summed E-state index contributed by atoms with van der Waals surface area (Å²) in [5.41, 5.74) is 4.11. The normalized spacial score (nSPS) is 13.2. The van der Waals surface area contributed by atoms with Gasteiger partial charge in [0, 0.05) is 24.7 Å². The van der Waals surface area contributed by atoms with E-state index in [1.807, 2.05) is 0 Å². The summed E-state index contributed by atoms with van der Waals surface area (Å²) in [6, 6.07) is 6.46. The van der Waals surface area contributed by atoms with Crippen molar-refractivity contribution in [3.8, 4) is 0 Å². The quantitative estimate of drug-likeness (QED) is 0.641. The lowest BCUT2D eigenvalue weighted by Gasteiger charge is -2.10. The highest BCUT2D eigenvalue weighted by atomic mass is 35.5. The number of rotatable bonds is 2. The predicted molar refractivity (Wildman–Crippen MR) is 85.9 cm³/mol. The van der Waals surface area contributed by atoms with Crippen molar-refractivity contribution in [2.24, 2.45) is 10.7 Å². The Morgan fingerprint density at radius 3 is 2.75 bits per heavy atom. The molecular weight excluding hydrogens is 345 g/mol. The van der Waals surface area contributed by atoms with Gasteiger partial charge >= 0.3 is 6.18 Å². The Hall–Kier alpha value is -2.61. The van der Waals surface area contributed by atoms with E-state index in [1.165, 1.54) is 13.1 Å². The fourth-order valence-corrected chi connectivity index (χ4v) is 2.09. The number of aliphatic imine (C=N–C) groups is 1. The van der Waals surface area contributed by atoms with Gasteiger partial charge in [-0.3, -0.25) is 14.8 Å². The fraction of sp³-hybridized carbons (Fsp3) is 0.133. The van der Waals surface area contributed by atoms with Gasteiger partial charge in [-0.15, -0.1) is 0 Å². The van der Waals surface area contributed by atoms with Crippen LogP contribution in [0.5, 0.6) is 0 Å². The zero-order valence-electron chi connectivity index (χ0n) is 12.4. The van der Waals surface area contributed by atoms with Crippen molar-refractivity contribution in [3.63, 3.8) is 0 Å². The van der Waals surface area contributed by atoms with E-state index in [4.69, 9.17) is 17.3 Å². The van der Waals surface area contributed by atoms with Crippen LogP contribution >= 0.6 is 11.6 Å². The number of pyridine rings is 1. The van der Waals surface area contributed by atoms with Crippen molar-refractivity contribution >= 4 is 34.2 Å². The van der Waals surface area contributed by atoms with Gasteiger partial charge < -0.3 is 11.1 Å². The highest BCUT2D eigenvalue weighted by Gasteiger charge is 2.31. The van der Waals surface area contributed by atoms with Crippen LogP contribution in [-0.4, -0.2) is 30.0 Å². The first-order valence-corrected chi connectivity index (χ1v) is 6.97. The van der Waals surface area contributed by atoms with Crippen LogP contribution in [0, 0.1) is 0 Å². The maximum Gasteiger partial charge on any atom is 0.430 e. The number of aromatic nitrogens is 1. The molecule has 24 heavy (non-hydrogen) atoms. The van der Waals surface area contributed by atoms with Crippen molar-refractivity contribution in [2.45, 2.75) is 6.18 Å². The Kier molecular flexibility index (Phi) is 5.08. The summed E-state index contributed by atoms with van der Waals surface area (Å²) in [5.74, 6) is -1.06. The van der Waals surface area contributed by atoms with Crippen LogP contribution in [0.2, 0.25) is 5.02 Å². The monoisotopic (exact) mass is 356 g/mol. The molecule has 1 amide bonds. The third-order valence-electron chi connectivity index (χ3n) is 3.04. The van der Waals surface area contributed by atoms with E-state index in [9.17, 15) is 18.0 Å². The summed E-state index contributed by atoms with van der Waals surface area (Å²) >= 11 is 6.05. The van der Waals surface area contributed by atoms with Gasteiger partial charge in [0.05, 0.1) is 16.1 Å². The minimum absolute atomic E-state index is 0.0583. The second-order valence-electron chi connectivity index (χ2n) is 4.69. The number of hydrogen-bond acceptors (Lipinski definition) is 4. The number of nitrogens with one attached hydrogen (secondary N) is 1. The van der Waals surface area contributed by atoms with Crippen LogP contribution in [0.25, 0.3) is 10.9 Å². The largest absolute Gasteiger partial charge is 0.430 e. The smallest absolute Gasteiger partial charge is 0.395 e. The Morgan fingerprint density at radius 2 is 2.12 bits per heavy atom. The maximum atomic E-state index is 12.5. The maximum absolute atomic E-state index is 12.5. The first kappa shape index (κ1) is 17.7. The van der Waals surface area contributed by atoms with Gasteiger partial charge in [0.15, 0.2) is 0 Å². The van der Waals surface area contributed by atoms with Crippen LogP contribution in [0.15, 0.2) is 47.2 Å². The molecule has 0 aliphatic rings. The van der Waals surface area contributed by atoms with Crippen LogP contribution in [-0.2, 0) is 0 Å². The number of halogens is 4. The average molecular weight is 357 g/mol. The number of nitrogens with two attached hydrogens (primary N) is 1. The molecule has 0 saturated carbocycles. The molecule has 1 aromatic carbocycles. The van der Waals surface area contributed by atoms with Gasteiger partial charge in [-0.25, -0.2) is 0 Å². The molecule has 126 valence electrons. The Bertz CT molecular complexity index is 846. The Balaban J connectivity index is 2.30. The minimum atomic E-state index is -4.72. The summed E-state index contributed by atoms with van der Waals surface area (Å²) in [6.07, 6.45) is -2.64. The molecule has 1 heterocycles. The van der Waals surface area contributed by atoms with Gasteiger partial charge in [-0.2, -0.15) is 13.2 Å². The predicted octanol–water partition coefficient (Wildman–Crippen LogP) is 3.05. The molecule has 2 rings (SSSR count). The van der Waals surface area contributed by atoms with E-state index in [0.717, 1.165) is 5.39 Å². The van der Waals surface area contributed by atoms with Crippen molar-refractivity contribution in [2.75, 3.05) is 7.05 Å². The topological polar surface area (TPSA) is 80.4 Å². The molecule has 0 aliphatic carbocycles. The van der Waals surface area contributed by atoms with Gasteiger partial charge in [0.2, 0.25) is 0 Å². The number of amidine groups is 1. The summed E-state index contributed by atoms with van der Waals surface area (Å²) in [7, 11) is 1.22. The second kappa shape index (κ2) is 6.88. The number of nitrogens with zero attached hydrogens (tertiary/aromatic N) is 2. The molecule has 2 aromatic rings. The van der Waals surface area contributed by atoms with Gasteiger partial charge in [0.25, 0.3) is 5.91 Å². The lowest BCUT2D eigenvalue weighted by Crippen LogP contribution is -2.31. The standard InChI is InChI=1S/C15H12ClF3N4O/c1-21-13(7-12(20)15(17,18)19)23-14(24)9-6-11-8(5-10(9)16)3-2-4-22-11/h2-7H,20H2,1H3,(H,21,23,24)/b12-7-. The van der Waals surface area contributed by atoms with E-state index in [-0.39, 0.29) is 16.4 Å². The lowest BCUT2D eigenvalue weighted by atomic mass is 10.1. The molecule has 5 nitrogen and oxygen atoms in total. The molecule has 0 aliphatic heterocycles. The number of carbonyl (C=O) groups excluding carboxylic acids is 1. The van der Waals surface area contributed by atoms with E-state index < -0.39 is 17.8 Å². The molecule has 0 saturated heterocycles. The molecule has 0 bridgehead atoms. The van der Waals surface area contributed by atoms with Crippen LogP contribution in [0.4, 0.5) is 13.2 Å². The number of fused-ring (bicyclic) bond motifs is 1. The van der Waals surface area contributed by atoms with E-state index >= 15 is 0 Å². The van der Waals surface area contributed by atoms with Crippen LogP contribution in [0.3, 0.4) is 0 Å². The number of allylic oxidation sites excluding steroid dienone is 1. The molecule has 0 spiro atoms. The summed E-state index contributed by atoms with van der Waals surface area (Å²) in [4.78, 5) is 19.9. The third kappa shape index (κ3) is 4.02. The van der Waals surface area contributed by atoms with Crippen molar-refractivity contribution in [1.29, 1.82) is 0 Å². The zero-order valence-corrected chi connectivity index (χ0v) is 13.1. The fourth-order valence-electron chi connectivity index (χ4n) is 1.84. The number of hydrogen-bond donors (Lipinski definition) is 2. The molecule has 1 aromatic heterocycles. The number of alkyl halides is 3. The molecule has 0 radical (unpaired) electrons. The first-order chi connectivity index (χ1) is 11.2. The van der Waals surface area contributed by atoms with E-state index in [2.05, 4.69) is 15.3 Å². The Labute approximate surface area is 140 Å². The molecule has 0 unspecified atom stereocenters. The SMILES string of the molecule is CN=C(/C=C(\N)C(F)(F)F)NC(=O)c1cc2ncccc2cc1Cl.